The molecule has 0 N–H and O–H groups in total. The Labute approximate surface area is 174 Å². The van der Waals surface area contributed by atoms with Crippen molar-refractivity contribution in [2.24, 2.45) is 5.92 Å². The summed E-state index contributed by atoms with van der Waals surface area (Å²) in [6, 6.07) is 13.7. The summed E-state index contributed by atoms with van der Waals surface area (Å²) in [5, 5.41) is 0. The summed E-state index contributed by atoms with van der Waals surface area (Å²) in [4.78, 5) is 15.5. The summed E-state index contributed by atoms with van der Waals surface area (Å²) >= 11 is 0. The molecule has 2 bridgehead atoms. The molecule has 2 heterocycles. The van der Waals surface area contributed by atoms with Crippen molar-refractivity contribution in [2.75, 3.05) is 13.2 Å². The Bertz CT molecular complexity index is 922. The topological polar surface area (TPSA) is 38.8 Å². The molecule has 3 fully saturated rings. The van der Waals surface area contributed by atoms with Crippen LogP contribution in [0, 0.1) is 17.6 Å². The zero-order chi connectivity index (χ0) is 20.7. The fourth-order valence-electron chi connectivity index (χ4n) is 5.40. The molecule has 4 nitrogen and oxygen atoms in total. The average molecular weight is 413 g/mol. The third-order valence-electron chi connectivity index (χ3n) is 6.84. The van der Waals surface area contributed by atoms with E-state index in [4.69, 9.17) is 9.47 Å². The highest BCUT2D eigenvalue weighted by atomic mass is 19.1. The van der Waals surface area contributed by atoms with Crippen molar-refractivity contribution in [3.05, 3.63) is 71.3 Å². The number of ether oxygens (including phenoxy) is 2. The summed E-state index contributed by atoms with van der Waals surface area (Å²) in [5.74, 6) is -2.27. The SMILES string of the molecule is O=C(OCc1ccccc1)[C@@H]1CC(N2C[C@@H]3CC2CO3)C[C@H]1c1ccc(F)cc1F. The fourth-order valence-corrected chi connectivity index (χ4v) is 5.40. The van der Waals surface area contributed by atoms with E-state index in [9.17, 15) is 13.6 Å². The number of fused-ring (bicyclic) bond motifs is 2. The Hall–Kier alpha value is -2.31. The molecule has 5 rings (SSSR count). The Balaban J connectivity index is 1.36. The number of esters is 1. The van der Waals surface area contributed by atoms with Gasteiger partial charge in [0.2, 0.25) is 0 Å². The molecule has 3 aliphatic rings. The second-order valence-corrected chi connectivity index (χ2v) is 8.64. The van der Waals surface area contributed by atoms with Crippen LogP contribution in [0.1, 0.15) is 36.3 Å². The van der Waals surface area contributed by atoms with Gasteiger partial charge in [-0.15, -0.1) is 0 Å². The Kier molecular flexibility index (Phi) is 5.29. The number of carbonyl (C=O) groups is 1. The quantitative estimate of drug-likeness (QED) is 0.694. The smallest absolute Gasteiger partial charge is 0.309 e. The van der Waals surface area contributed by atoms with E-state index in [0.717, 1.165) is 31.2 Å². The number of hydrogen-bond donors (Lipinski definition) is 0. The average Bonchev–Trinajstić information content (AvgIpc) is 3.48. The van der Waals surface area contributed by atoms with Crippen LogP contribution in [0.2, 0.25) is 0 Å². The number of hydrogen-bond acceptors (Lipinski definition) is 4. The van der Waals surface area contributed by atoms with Crippen LogP contribution >= 0.6 is 0 Å². The van der Waals surface area contributed by atoms with Gasteiger partial charge in [-0.05, 0) is 36.5 Å². The molecule has 1 aliphatic carbocycles. The van der Waals surface area contributed by atoms with Crippen LogP contribution in [0.5, 0.6) is 0 Å². The first-order valence-corrected chi connectivity index (χ1v) is 10.6. The largest absolute Gasteiger partial charge is 0.461 e. The van der Waals surface area contributed by atoms with Gasteiger partial charge >= 0.3 is 5.97 Å². The zero-order valence-electron chi connectivity index (χ0n) is 16.7. The molecule has 6 heteroatoms. The van der Waals surface area contributed by atoms with Crippen molar-refractivity contribution >= 4 is 5.97 Å². The van der Waals surface area contributed by atoms with E-state index in [1.807, 2.05) is 30.3 Å². The van der Waals surface area contributed by atoms with Crippen LogP contribution in [0.25, 0.3) is 0 Å². The Morgan fingerprint density at radius 3 is 2.60 bits per heavy atom. The summed E-state index contributed by atoms with van der Waals surface area (Å²) < 4.78 is 39.4. The summed E-state index contributed by atoms with van der Waals surface area (Å²) in [7, 11) is 0. The highest BCUT2D eigenvalue weighted by Gasteiger charge is 2.49. The van der Waals surface area contributed by atoms with Crippen LogP contribution < -0.4 is 0 Å². The van der Waals surface area contributed by atoms with E-state index in [1.165, 1.54) is 12.1 Å². The molecule has 0 amide bonds. The van der Waals surface area contributed by atoms with E-state index >= 15 is 0 Å². The zero-order valence-corrected chi connectivity index (χ0v) is 16.7. The Morgan fingerprint density at radius 1 is 1.07 bits per heavy atom. The lowest BCUT2D eigenvalue weighted by Gasteiger charge is -2.32. The lowest BCUT2D eigenvalue weighted by Crippen LogP contribution is -2.43. The first kappa shape index (κ1) is 19.6. The van der Waals surface area contributed by atoms with Gasteiger partial charge in [0.25, 0.3) is 0 Å². The van der Waals surface area contributed by atoms with E-state index in [-0.39, 0.29) is 30.6 Å². The van der Waals surface area contributed by atoms with Gasteiger partial charge in [0.05, 0.1) is 18.6 Å². The number of benzene rings is 2. The lowest BCUT2D eigenvalue weighted by atomic mass is 9.88. The molecule has 0 radical (unpaired) electrons. The maximum atomic E-state index is 14.6. The van der Waals surface area contributed by atoms with Gasteiger partial charge < -0.3 is 9.47 Å². The molecule has 2 unspecified atom stereocenters. The van der Waals surface area contributed by atoms with Crippen molar-refractivity contribution in [3.63, 3.8) is 0 Å². The molecule has 2 saturated heterocycles. The third kappa shape index (κ3) is 3.74. The molecule has 158 valence electrons. The van der Waals surface area contributed by atoms with E-state index < -0.39 is 17.6 Å². The molecular formula is C24H25F2NO3. The van der Waals surface area contributed by atoms with E-state index in [1.54, 1.807) is 0 Å². The minimum absolute atomic E-state index is 0.174. The molecule has 0 spiro atoms. The molecule has 0 aromatic heterocycles. The van der Waals surface area contributed by atoms with Gasteiger partial charge in [0, 0.05) is 30.6 Å². The van der Waals surface area contributed by atoms with E-state index in [2.05, 4.69) is 4.90 Å². The fraction of sp³-hybridized carbons (Fsp3) is 0.458. The van der Waals surface area contributed by atoms with E-state index in [0.29, 0.717) is 24.4 Å². The second kappa shape index (κ2) is 8.08. The summed E-state index contributed by atoms with van der Waals surface area (Å²) in [6.07, 6.45) is 2.57. The normalized spacial score (nSPS) is 30.7. The predicted molar refractivity (Wildman–Crippen MR) is 107 cm³/mol. The van der Waals surface area contributed by atoms with Crippen molar-refractivity contribution in [3.8, 4) is 0 Å². The number of likely N-dealkylation sites (tertiary alicyclic amines) is 1. The molecule has 2 aromatic carbocycles. The second-order valence-electron chi connectivity index (χ2n) is 8.64. The standard InChI is InChI=1S/C24H25F2NO3/c25-16-6-7-20(23(26)8-16)21-10-17(27-12-19-9-18(27)14-29-19)11-22(21)24(28)30-13-15-4-2-1-3-5-15/h1-8,17-19,21-22H,9-14H2/t17?,18?,19-,21-,22+/m0/s1. The van der Waals surface area contributed by atoms with Gasteiger partial charge in [-0.1, -0.05) is 36.4 Å². The van der Waals surface area contributed by atoms with Crippen molar-refractivity contribution in [1.29, 1.82) is 0 Å². The van der Waals surface area contributed by atoms with Crippen LogP contribution in [0.3, 0.4) is 0 Å². The number of halogens is 2. The van der Waals surface area contributed by atoms with Crippen molar-refractivity contribution in [1.82, 2.24) is 4.90 Å². The first-order chi connectivity index (χ1) is 14.6. The first-order valence-electron chi connectivity index (χ1n) is 10.6. The molecule has 2 aliphatic heterocycles. The number of carbonyl (C=O) groups excluding carboxylic acids is 1. The van der Waals surface area contributed by atoms with Gasteiger partial charge in [-0.3, -0.25) is 9.69 Å². The minimum atomic E-state index is -0.608. The maximum Gasteiger partial charge on any atom is 0.309 e. The highest BCUT2D eigenvalue weighted by Crippen LogP contribution is 2.46. The summed E-state index contributed by atoms with van der Waals surface area (Å²) in [5.41, 5.74) is 1.32. The van der Waals surface area contributed by atoms with Gasteiger partial charge in [0.1, 0.15) is 18.2 Å². The van der Waals surface area contributed by atoms with Crippen LogP contribution in [0.4, 0.5) is 8.78 Å². The summed E-state index contributed by atoms with van der Waals surface area (Å²) in [6.45, 7) is 1.78. The number of nitrogens with zero attached hydrogens (tertiary/aromatic N) is 1. The third-order valence-corrected chi connectivity index (χ3v) is 6.84. The number of morpholine rings is 1. The van der Waals surface area contributed by atoms with Crippen molar-refractivity contribution in [2.45, 2.75) is 50.0 Å². The van der Waals surface area contributed by atoms with Gasteiger partial charge in [-0.25, -0.2) is 8.78 Å². The van der Waals surface area contributed by atoms with Gasteiger partial charge in [0.15, 0.2) is 0 Å². The highest BCUT2D eigenvalue weighted by molar-refractivity contribution is 5.74. The molecule has 5 atom stereocenters. The molecule has 30 heavy (non-hydrogen) atoms. The molecule has 2 aromatic rings. The van der Waals surface area contributed by atoms with Gasteiger partial charge in [-0.2, -0.15) is 0 Å². The van der Waals surface area contributed by atoms with Crippen LogP contribution in [-0.4, -0.2) is 42.2 Å². The lowest BCUT2D eigenvalue weighted by molar-refractivity contribution is -0.150. The van der Waals surface area contributed by atoms with Crippen LogP contribution in [0.15, 0.2) is 48.5 Å². The monoisotopic (exact) mass is 413 g/mol. The number of rotatable bonds is 5. The molecular weight excluding hydrogens is 388 g/mol. The predicted octanol–water partition coefficient (Wildman–Crippen LogP) is 4.04. The maximum absolute atomic E-state index is 14.6. The van der Waals surface area contributed by atoms with Crippen molar-refractivity contribution < 1.29 is 23.0 Å². The molecule has 1 saturated carbocycles. The minimum Gasteiger partial charge on any atom is -0.461 e. The Morgan fingerprint density at radius 2 is 1.90 bits per heavy atom. The van der Waals surface area contributed by atoms with Crippen LogP contribution in [-0.2, 0) is 20.9 Å².